The van der Waals surface area contributed by atoms with E-state index in [9.17, 15) is 9.90 Å². The molecule has 0 radical (unpaired) electrons. The molecular formula is C14H19NO2S. The molecule has 0 heterocycles. The average Bonchev–Trinajstić information content (AvgIpc) is 2.38. The van der Waals surface area contributed by atoms with E-state index >= 15 is 0 Å². The highest BCUT2D eigenvalue weighted by Gasteiger charge is 2.18. The second-order valence-electron chi connectivity index (χ2n) is 3.87. The van der Waals surface area contributed by atoms with Crippen molar-refractivity contribution in [2.75, 3.05) is 24.6 Å². The van der Waals surface area contributed by atoms with Crippen LogP contribution in [-0.2, 0) is 4.79 Å². The standard InChI is InChI=1S/C14H19NO2S/c1-2-9-18-10-8-15-11-13(14(16)17)12-6-4-3-5-7-12/h2-7,13,15H,1,8-11H2,(H,16,17). The maximum Gasteiger partial charge on any atom is 0.312 e. The first-order chi connectivity index (χ1) is 8.75. The van der Waals surface area contributed by atoms with E-state index in [0.717, 1.165) is 23.6 Å². The van der Waals surface area contributed by atoms with Crippen molar-refractivity contribution in [1.29, 1.82) is 0 Å². The van der Waals surface area contributed by atoms with Gasteiger partial charge >= 0.3 is 5.97 Å². The van der Waals surface area contributed by atoms with Crippen LogP contribution in [0.4, 0.5) is 0 Å². The van der Waals surface area contributed by atoms with Crippen molar-refractivity contribution >= 4 is 17.7 Å². The Morgan fingerprint density at radius 3 is 2.78 bits per heavy atom. The summed E-state index contributed by atoms with van der Waals surface area (Å²) in [4.78, 5) is 11.2. The summed E-state index contributed by atoms with van der Waals surface area (Å²) in [7, 11) is 0. The van der Waals surface area contributed by atoms with Crippen molar-refractivity contribution in [1.82, 2.24) is 5.32 Å². The Hall–Kier alpha value is -1.26. The van der Waals surface area contributed by atoms with Gasteiger partial charge in [0.25, 0.3) is 0 Å². The van der Waals surface area contributed by atoms with E-state index in [1.54, 1.807) is 11.8 Å². The molecule has 2 N–H and O–H groups in total. The number of hydrogen-bond donors (Lipinski definition) is 2. The van der Waals surface area contributed by atoms with Gasteiger partial charge in [0.2, 0.25) is 0 Å². The number of carboxylic acid groups (broad SMARTS) is 1. The molecule has 1 atom stereocenters. The number of carboxylic acids is 1. The van der Waals surface area contributed by atoms with Gasteiger partial charge in [-0.1, -0.05) is 36.4 Å². The molecular weight excluding hydrogens is 246 g/mol. The second kappa shape index (κ2) is 8.78. The number of thioether (sulfide) groups is 1. The van der Waals surface area contributed by atoms with Crippen LogP contribution in [0.15, 0.2) is 43.0 Å². The van der Waals surface area contributed by atoms with Crippen LogP contribution in [0.25, 0.3) is 0 Å². The Balaban J connectivity index is 2.36. The van der Waals surface area contributed by atoms with Gasteiger partial charge in [-0.15, -0.1) is 6.58 Å². The van der Waals surface area contributed by atoms with Crippen molar-refractivity contribution in [3.05, 3.63) is 48.6 Å². The minimum Gasteiger partial charge on any atom is -0.481 e. The Kier molecular flexibility index (Phi) is 7.22. The first-order valence-electron chi connectivity index (χ1n) is 5.92. The maximum atomic E-state index is 11.2. The summed E-state index contributed by atoms with van der Waals surface area (Å²) < 4.78 is 0. The molecule has 4 heteroatoms. The quantitative estimate of drug-likeness (QED) is 0.531. The van der Waals surface area contributed by atoms with Gasteiger partial charge in [0.15, 0.2) is 0 Å². The summed E-state index contributed by atoms with van der Waals surface area (Å²) in [6, 6.07) is 9.33. The van der Waals surface area contributed by atoms with Crippen LogP contribution in [0.5, 0.6) is 0 Å². The van der Waals surface area contributed by atoms with E-state index in [1.807, 2.05) is 36.4 Å². The SMILES string of the molecule is C=CCSCCNCC(C(=O)O)c1ccccc1. The molecule has 1 rings (SSSR count). The van der Waals surface area contributed by atoms with Crippen LogP contribution in [-0.4, -0.2) is 35.7 Å². The van der Waals surface area contributed by atoms with Crippen LogP contribution < -0.4 is 5.32 Å². The Labute approximate surface area is 112 Å². The zero-order valence-corrected chi connectivity index (χ0v) is 11.2. The summed E-state index contributed by atoms with van der Waals surface area (Å²) in [5, 5.41) is 12.4. The van der Waals surface area contributed by atoms with Crippen LogP contribution in [0.2, 0.25) is 0 Å². The molecule has 0 saturated carbocycles. The van der Waals surface area contributed by atoms with Gasteiger partial charge in [0.05, 0.1) is 5.92 Å². The molecule has 0 aliphatic rings. The molecule has 18 heavy (non-hydrogen) atoms. The first-order valence-corrected chi connectivity index (χ1v) is 7.08. The van der Waals surface area contributed by atoms with Gasteiger partial charge in [-0.2, -0.15) is 11.8 Å². The fraction of sp³-hybridized carbons (Fsp3) is 0.357. The second-order valence-corrected chi connectivity index (χ2v) is 5.02. The smallest absolute Gasteiger partial charge is 0.312 e. The Morgan fingerprint density at radius 1 is 1.44 bits per heavy atom. The van der Waals surface area contributed by atoms with Crippen LogP contribution in [0.3, 0.4) is 0 Å². The molecule has 0 aliphatic heterocycles. The normalized spacial score (nSPS) is 12.0. The number of nitrogens with one attached hydrogen (secondary N) is 1. The van der Waals surface area contributed by atoms with E-state index in [0.29, 0.717) is 6.54 Å². The molecule has 1 aromatic carbocycles. The summed E-state index contributed by atoms with van der Waals surface area (Å²) in [5.74, 6) is 0.638. The predicted molar refractivity (Wildman–Crippen MR) is 77.2 cm³/mol. The number of hydrogen-bond acceptors (Lipinski definition) is 3. The summed E-state index contributed by atoms with van der Waals surface area (Å²) in [5.41, 5.74) is 0.844. The molecule has 0 aromatic heterocycles. The monoisotopic (exact) mass is 265 g/mol. The van der Waals surface area contributed by atoms with Gasteiger partial charge in [-0.3, -0.25) is 4.79 Å². The fourth-order valence-corrected chi connectivity index (χ4v) is 2.21. The largest absolute Gasteiger partial charge is 0.481 e. The molecule has 0 bridgehead atoms. The number of rotatable bonds is 9. The predicted octanol–water partition coefficient (Wildman–Crippen LogP) is 2.36. The van der Waals surface area contributed by atoms with Crippen molar-refractivity contribution in [3.63, 3.8) is 0 Å². The van der Waals surface area contributed by atoms with Gasteiger partial charge in [-0.05, 0) is 5.56 Å². The average molecular weight is 265 g/mol. The van der Waals surface area contributed by atoms with Gasteiger partial charge in [0.1, 0.15) is 0 Å². The highest BCUT2D eigenvalue weighted by Crippen LogP contribution is 2.14. The molecule has 0 fully saturated rings. The number of benzene rings is 1. The molecule has 0 saturated heterocycles. The molecule has 3 nitrogen and oxygen atoms in total. The van der Waals surface area contributed by atoms with Gasteiger partial charge in [0, 0.05) is 24.6 Å². The zero-order valence-electron chi connectivity index (χ0n) is 10.3. The molecule has 0 aliphatic carbocycles. The van der Waals surface area contributed by atoms with Crippen LogP contribution >= 0.6 is 11.8 Å². The van der Waals surface area contributed by atoms with E-state index in [2.05, 4.69) is 11.9 Å². The van der Waals surface area contributed by atoms with Crippen molar-refractivity contribution < 1.29 is 9.90 Å². The van der Waals surface area contributed by atoms with E-state index in [1.165, 1.54) is 0 Å². The lowest BCUT2D eigenvalue weighted by Crippen LogP contribution is -2.28. The first kappa shape index (κ1) is 14.8. The van der Waals surface area contributed by atoms with E-state index < -0.39 is 11.9 Å². The van der Waals surface area contributed by atoms with E-state index in [-0.39, 0.29) is 0 Å². The fourth-order valence-electron chi connectivity index (χ4n) is 1.59. The lowest BCUT2D eigenvalue weighted by Gasteiger charge is -2.13. The molecule has 0 amide bonds. The minimum atomic E-state index is -0.785. The molecule has 98 valence electrons. The van der Waals surface area contributed by atoms with Crippen molar-refractivity contribution in [2.24, 2.45) is 0 Å². The lowest BCUT2D eigenvalue weighted by atomic mass is 9.99. The maximum absolute atomic E-state index is 11.2. The number of carbonyl (C=O) groups is 1. The third-order valence-electron chi connectivity index (χ3n) is 2.51. The summed E-state index contributed by atoms with van der Waals surface area (Å²) in [6.45, 7) is 4.93. The third kappa shape index (κ3) is 5.38. The molecule has 1 unspecified atom stereocenters. The van der Waals surface area contributed by atoms with Crippen molar-refractivity contribution in [2.45, 2.75) is 5.92 Å². The Morgan fingerprint density at radius 2 is 2.17 bits per heavy atom. The highest BCUT2D eigenvalue weighted by atomic mass is 32.2. The number of aliphatic carboxylic acids is 1. The topological polar surface area (TPSA) is 49.3 Å². The highest BCUT2D eigenvalue weighted by molar-refractivity contribution is 7.99. The molecule has 0 spiro atoms. The lowest BCUT2D eigenvalue weighted by molar-refractivity contribution is -0.138. The van der Waals surface area contributed by atoms with E-state index in [4.69, 9.17) is 0 Å². The van der Waals surface area contributed by atoms with Crippen LogP contribution in [0, 0.1) is 0 Å². The molecule has 1 aromatic rings. The zero-order chi connectivity index (χ0) is 13.2. The third-order valence-corrected chi connectivity index (χ3v) is 3.47. The summed E-state index contributed by atoms with van der Waals surface area (Å²) in [6.07, 6.45) is 1.87. The van der Waals surface area contributed by atoms with Gasteiger partial charge in [-0.25, -0.2) is 0 Å². The van der Waals surface area contributed by atoms with Crippen LogP contribution in [0.1, 0.15) is 11.5 Å². The summed E-state index contributed by atoms with van der Waals surface area (Å²) >= 11 is 1.78. The Bertz CT molecular complexity index is 367. The minimum absolute atomic E-state index is 0.466. The van der Waals surface area contributed by atoms with Crippen molar-refractivity contribution in [3.8, 4) is 0 Å². The van der Waals surface area contributed by atoms with Gasteiger partial charge < -0.3 is 10.4 Å².